The van der Waals surface area contributed by atoms with Gasteiger partial charge in [-0.1, -0.05) is 15.9 Å². The number of halogens is 1. The van der Waals surface area contributed by atoms with Crippen LogP contribution in [0.1, 0.15) is 5.56 Å². The number of benzene rings is 2. The van der Waals surface area contributed by atoms with Crippen molar-refractivity contribution in [3.05, 3.63) is 62.6 Å². The molecule has 1 N–H and O–H groups in total. The number of rotatable bonds is 6. The van der Waals surface area contributed by atoms with Crippen LogP contribution in [0.4, 0.5) is 5.69 Å². The fraction of sp³-hybridized carbons (Fsp3) is 0.133. The predicted octanol–water partition coefficient (Wildman–Crippen LogP) is 4.27. The van der Waals surface area contributed by atoms with Gasteiger partial charge in [0.05, 0.1) is 4.92 Å². The molecule has 0 atom stereocenters. The average Bonchev–Trinajstić information content (AvgIpc) is 2.50. The molecule has 0 fully saturated rings. The second-order valence-electron chi connectivity index (χ2n) is 4.34. The number of hydrogen-bond acceptors (Lipinski definition) is 5. The molecule has 0 unspecified atom stereocenters. The standard InChI is InChI=1S/C15H13BrN2O3S/c16-12-1-4-14(5-2-12)22-8-7-17-10-11-9-13(18(20)21)3-6-15(11)19/h1-6,9-10,19H,7-8H2. The van der Waals surface area contributed by atoms with Crippen molar-refractivity contribution in [3.63, 3.8) is 0 Å². The molecule has 0 bridgehead atoms. The van der Waals surface area contributed by atoms with Crippen molar-refractivity contribution in [1.29, 1.82) is 0 Å². The Kier molecular flexibility index (Phi) is 5.97. The summed E-state index contributed by atoms with van der Waals surface area (Å²) in [5.74, 6) is 0.767. The second kappa shape index (κ2) is 7.95. The zero-order chi connectivity index (χ0) is 15.9. The van der Waals surface area contributed by atoms with Crippen molar-refractivity contribution >= 4 is 39.6 Å². The van der Waals surface area contributed by atoms with Crippen molar-refractivity contribution < 1.29 is 10.0 Å². The minimum atomic E-state index is -0.500. The van der Waals surface area contributed by atoms with Gasteiger partial charge in [0.15, 0.2) is 0 Å². The third kappa shape index (κ3) is 4.85. The zero-order valence-electron chi connectivity index (χ0n) is 11.5. The van der Waals surface area contributed by atoms with Crippen molar-refractivity contribution in [3.8, 4) is 5.75 Å². The molecule has 2 rings (SSSR count). The summed E-state index contributed by atoms with van der Waals surface area (Å²) >= 11 is 5.05. The Morgan fingerprint density at radius 2 is 2.00 bits per heavy atom. The average molecular weight is 381 g/mol. The molecule has 5 nitrogen and oxygen atoms in total. The molecule has 0 amide bonds. The van der Waals surface area contributed by atoms with E-state index in [1.165, 1.54) is 24.4 Å². The zero-order valence-corrected chi connectivity index (χ0v) is 13.9. The molecule has 0 spiro atoms. The number of nitro benzene ring substituents is 1. The van der Waals surface area contributed by atoms with Gasteiger partial charge in [0.25, 0.3) is 5.69 Å². The highest BCUT2D eigenvalue weighted by Gasteiger charge is 2.08. The summed E-state index contributed by atoms with van der Waals surface area (Å²) in [4.78, 5) is 15.5. The highest BCUT2D eigenvalue weighted by molar-refractivity contribution is 9.10. The van der Waals surface area contributed by atoms with Crippen LogP contribution in [-0.2, 0) is 0 Å². The number of nitrogens with zero attached hydrogens (tertiary/aromatic N) is 2. The molecule has 114 valence electrons. The number of nitro groups is 1. The van der Waals surface area contributed by atoms with Gasteiger partial charge in [-0.25, -0.2) is 0 Å². The summed E-state index contributed by atoms with van der Waals surface area (Å²) in [5.41, 5.74) is 0.284. The molecule has 22 heavy (non-hydrogen) atoms. The van der Waals surface area contributed by atoms with E-state index in [0.29, 0.717) is 12.1 Å². The van der Waals surface area contributed by atoms with E-state index in [9.17, 15) is 15.2 Å². The molecule has 0 saturated carbocycles. The Morgan fingerprint density at radius 1 is 1.27 bits per heavy atom. The van der Waals surface area contributed by atoms with E-state index in [4.69, 9.17) is 0 Å². The fourth-order valence-corrected chi connectivity index (χ4v) is 2.69. The molecule has 0 aliphatic heterocycles. The number of thioether (sulfide) groups is 1. The third-order valence-corrected chi connectivity index (χ3v) is 4.28. The lowest BCUT2D eigenvalue weighted by molar-refractivity contribution is -0.384. The van der Waals surface area contributed by atoms with Gasteiger partial charge in [-0.3, -0.25) is 15.1 Å². The number of aromatic hydroxyl groups is 1. The molecular weight excluding hydrogens is 368 g/mol. The minimum absolute atomic E-state index is 0.0186. The summed E-state index contributed by atoms with van der Waals surface area (Å²) in [5, 5.41) is 20.3. The van der Waals surface area contributed by atoms with Crippen LogP contribution in [0.3, 0.4) is 0 Å². The predicted molar refractivity (Wildman–Crippen MR) is 92.1 cm³/mol. The smallest absolute Gasteiger partial charge is 0.270 e. The largest absolute Gasteiger partial charge is 0.507 e. The Labute approximate surface area is 140 Å². The number of hydrogen-bond donors (Lipinski definition) is 1. The fourth-order valence-electron chi connectivity index (χ4n) is 1.67. The lowest BCUT2D eigenvalue weighted by Gasteiger charge is -2.00. The molecule has 0 heterocycles. The van der Waals surface area contributed by atoms with Crippen LogP contribution in [0.25, 0.3) is 0 Å². The van der Waals surface area contributed by atoms with E-state index in [1.54, 1.807) is 11.8 Å². The normalized spacial score (nSPS) is 11.0. The molecule has 0 saturated heterocycles. The van der Waals surface area contributed by atoms with Crippen LogP contribution in [-0.4, -0.2) is 28.5 Å². The summed E-state index contributed by atoms with van der Waals surface area (Å²) < 4.78 is 1.04. The van der Waals surface area contributed by atoms with Gasteiger partial charge in [0.2, 0.25) is 0 Å². The first-order valence-corrected chi connectivity index (χ1v) is 8.20. The van der Waals surface area contributed by atoms with Gasteiger partial charge in [0.1, 0.15) is 5.75 Å². The van der Waals surface area contributed by atoms with Gasteiger partial charge in [0, 0.05) is 45.6 Å². The number of phenols is 1. The molecule has 2 aromatic carbocycles. The van der Waals surface area contributed by atoms with Gasteiger partial charge in [-0.05, 0) is 30.3 Å². The monoisotopic (exact) mass is 380 g/mol. The molecule has 0 aliphatic rings. The SMILES string of the molecule is O=[N+]([O-])c1ccc(O)c(C=NCCSc2ccc(Br)cc2)c1. The molecular formula is C15H13BrN2O3S. The van der Waals surface area contributed by atoms with Crippen LogP contribution in [0.5, 0.6) is 5.75 Å². The number of aliphatic imine (C=N–C) groups is 1. The van der Waals surface area contributed by atoms with E-state index in [-0.39, 0.29) is 11.4 Å². The lowest BCUT2D eigenvalue weighted by atomic mass is 10.2. The van der Waals surface area contributed by atoms with Gasteiger partial charge in [-0.2, -0.15) is 0 Å². The second-order valence-corrected chi connectivity index (χ2v) is 6.42. The molecule has 0 aliphatic carbocycles. The minimum Gasteiger partial charge on any atom is -0.507 e. The van der Waals surface area contributed by atoms with Crippen LogP contribution in [0.2, 0.25) is 0 Å². The van der Waals surface area contributed by atoms with Crippen LogP contribution >= 0.6 is 27.7 Å². The van der Waals surface area contributed by atoms with Crippen LogP contribution in [0, 0.1) is 10.1 Å². The lowest BCUT2D eigenvalue weighted by Crippen LogP contribution is -1.92. The first-order valence-electron chi connectivity index (χ1n) is 6.42. The van der Waals surface area contributed by atoms with Crippen molar-refractivity contribution in [2.24, 2.45) is 4.99 Å². The van der Waals surface area contributed by atoms with E-state index < -0.39 is 4.92 Å². The maximum absolute atomic E-state index is 10.7. The van der Waals surface area contributed by atoms with E-state index in [1.807, 2.05) is 24.3 Å². The van der Waals surface area contributed by atoms with E-state index in [2.05, 4.69) is 20.9 Å². The summed E-state index contributed by atoms with van der Waals surface area (Å²) in [7, 11) is 0. The van der Waals surface area contributed by atoms with Gasteiger partial charge < -0.3 is 5.11 Å². The first-order chi connectivity index (χ1) is 10.6. The third-order valence-electron chi connectivity index (χ3n) is 2.76. The quantitative estimate of drug-likeness (QED) is 0.267. The maximum atomic E-state index is 10.7. The van der Waals surface area contributed by atoms with Gasteiger partial charge in [-0.15, -0.1) is 11.8 Å². The summed E-state index contributed by atoms with van der Waals surface area (Å²) in [6.45, 7) is 0.558. The Bertz CT molecular complexity index is 690. The summed E-state index contributed by atoms with van der Waals surface area (Å²) in [6, 6.07) is 11.9. The topological polar surface area (TPSA) is 75.7 Å². The van der Waals surface area contributed by atoms with Crippen molar-refractivity contribution in [2.45, 2.75) is 4.90 Å². The van der Waals surface area contributed by atoms with Crippen molar-refractivity contribution in [2.75, 3.05) is 12.3 Å². The number of phenolic OH excluding ortho intramolecular Hbond substituents is 1. The molecule has 2 aromatic rings. The van der Waals surface area contributed by atoms with Crippen LogP contribution < -0.4 is 0 Å². The molecule has 0 aromatic heterocycles. The highest BCUT2D eigenvalue weighted by atomic mass is 79.9. The van der Waals surface area contributed by atoms with E-state index in [0.717, 1.165) is 15.1 Å². The van der Waals surface area contributed by atoms with E-state index >= 15 is 0 Å². The highest BCUT2D eigenvalue weighted by Crippen LogP contribution is 2.22. The maximum Gasteiger partial charge on any atom is 0.270 e. The van der Waals surface area contributed by atoms with Gasteiger partial charge >= 0.3 is 0 Å². The molecule has 7 heteroatoms. The van der Waals surface area contributed by atoms with Crippen LogP contribution in [0.15, 0.2) is 56.8 Å². The number of non-ortho nitro benzene ring substituents is 1. The first kappa shape index (κ1) is 16.5. The Hall–Kier alpha value is -1.86. The summed E-state index contributed by atoms with van der Waals surface area (Å²) in [6.07, 6.45) is 1.46. The molecule has 0 radical (unpaired) electrons. The Balaban J connectivity index is 1.88. The van der Waals surface area contributed by atoms with Crippen molar-refractivity contribution in [1.82, 2.24) is 0 Å². The Morgan fingerprint density at radius 3 is 2.68 bits per heavy atom.